The first kappa shape index (κ1) is 8.85. The summed E-state index contributed by atoms with van der Waals surface area (Å²) in [6, 6.07) is 0. The molecule has 0 saturated carbocycles. The first-order valence-electron chi connectivity index (χ1n) is 3.10. The van der Waals surface area contributed by atoms with E-state index in [1.54, 1.807) is 0 Å². The van der Waals surface area contributed by atoms with Gasteiger partial charge in [0, 0.05) is 0 Å². The largest absolute Gasteiger partial charge is 0.468 e. The average molecular weight is 188 g/mol. The van der Waals surface area contributed by atoms with E-state index in [0.29, 0.717) is 5.16 Å². The molecule has 0 radical (unpaired) electrons. The summed E-state index contributed by atoms with van der Waals surface area (Å²) in [7, 11) is 1.33. The minimum Gasteiger partial charge on any atom is -0.468 e. The van der Waals surface area contributed by atoms with Crippen molar-refractivity contribution in [3.8, 4) is 0 Å². The SMILES string of the molecule is COC(=O)CSc1n[nH]c(N)n1. The fourth-order valence-electron chi connectivity index (χ4n) is 0.505. The normalized spacial score (nSPS) is 9.75. The van der Waals surface area contributed by atoms with Gasteiger partial charge in [-0.15, -0.1) is 5.10 Å². The lowest BCUT2D eigenvalue weighted by Gasteiger charge is -1.93. The van der Waals surface area contributed by atoms with Crippen molar-refractivity contribution in [3.63, 3.8) is 0 Å². The van der Waals surface area contributed by atoms with E-state index >= 15 is 0 Å². The molecule has 0 saturated heterocycles. The number of aromatic amines is 1. The second-order valence-corrected chi connectivity index (χ2v) is 2.81. The predicted molar refractivity (Wildman–Crippen MR) is 43.5 cm³/mol. The number of anilines is 1. The lowest BCUT2D eigenvalue weighted by molar-refractivity contribution is -0.137. The number of aromatic nitrogens is 3. The Hall–Kier alpha value is -1.24. The smallest absolute Gasteiger partial charge is 0.316 e. The molecule has 0 fully saturated rings. The minimum absolute atomic E-state index is 0.188. The zero-order chi connectivity index (χ0) is 8.97. The molecule has 7 heteroatoms. The minimum atomic E-state index is -0.316. The molecule has 0 unspecified atom stereocenters. The van der Waals surface area contributed by atoms with Crippen molar-refractivity contribution in [2.24, 2.45) is 0 Å². The fourth-order valence-corrected chi connectivity index (χ4v) is 1.14. The molecule has 12 heavy (non-hydrogen) atoms. The van der Waals surface area contributed by atoms with Crippen molar-refractivity contribution in [1.82, 2.24) is 15.2 Å². The summed E-state index contributed by atoms with van der Waals surface area (Å²) >= 11 is 1.17. The van der Waals surface area contributed by atoms with E-state index in [1.165, 1.54) is 18.9 Å². The molecule has 1 aromatic heterocycles. The second kappa shape index (κ2) is 3.96. The number of methoxy groups -OCH3 is 1. The zero-order valence-corrected chi connectivity index (χ0v) is 7.22. The van der Waals surface area contributed by atoms with Crippen LogP contribution in [0.3, 0.4) is 0 Å². The molecule has 0 atom stereocenters. The number of H-pyrrole nitrogens is 1. The molecule has 1 heterocycles. The third-order valence-corrected chi connectivity index (χ3v) is 1.85. The van der Waals surface area contributed by atoms with E-state index in [2.05, 4.69) is 19.9 Å². The summed E-state index contributed by atoms with van der Waals surface area (Å²) in [4.78, 5) is 14.4. The number of carbonyl (C=O) groups is 1. The van der Waals surface area contributed by atoms with E-state index in [0.717, 1.165) is 0 Å². The van der Waals surface area contributed by atoms with Crippen molar-refractivity contribution < 1.29 is 9.53 Å². The van der Waals surface area contributed by atoms with Gasteiger partial charge in [0.1, 0.15) is 0 Å². The number of carbonyl (C=O) groups excluding carboxylic acids is 1. The van der Waals surface area contributed by atoms with Crippen molar-refractivity contribution in [2.75, 3.05) is 18.6 Å². The third-order valence-electron chi connectivity index (χ3n) is 1.03. The van der Waals surface area contributed by atoms with Crippen LogP contribution < -0.4 is 5.73 Å². The van der Waals surface area contributed by atoms with Crippen LogP contribution in [0.5, 0.6) is 0 Å². The molecule has 0 spiro atoms. The highest BCUT2D eigenvalue weighted by molar-refractivity contribution is 7.99. The van der Waals surface area contributed by atoms with Gasteiger partial charge in [-0.25, -0.2) is 5.10 Å². The summed E-state index contributed by atoms with van der Waals surface area (Å²) in [5.41, 5.74) is 5.26. The Labute approximate surface area is 72.9 Å². The lowest BCUT2D eigenvalue weighted by Crippen LogP contribution is -2.03. The fraction of sp³-hybridized carbons (Fsp3) is 0.400. The molecule has 0 aliphatic heterocycles. The molecule has 66 valence electrons. The van der Waals surface area contributed by atoms with Crippen LogP contribution >= 0.6 is 11.8 Å². The Bertz CT molecular complexity index is 274. The molecule has 1 aromatic rings. The monoisotopic (exact) mass is 188 g/mol. The van der Waals surface area contributed by atoms with E-state index in [9.17, 15) is 4.79 Å². The van der Waals surface area contributed by atoms with Gasteiger partial charge in [-0.2, -0.15) is 4.98 Å². The molecular weight excluding hydrogens is 180 g/mol. The quantitative estimate of drug-likeness (QED) is 0.497. The highest BCUT2D eigenvalue weighted by atomic mass is 32.2. The first-order chi connectivity index (χ1) is 5.72. The first-order valence-corrected chi connectivity index (χ1v) is 4.08. The topological polar surface area (TPSA) is 93.9 Å². The Morgan fingerprint density at radius 1 is 1.83 bits per heavy atom. The van der Waals surface area contributed by atoms with Crippen LogP contribution in [0.15, 0.2) is 5.16 Å². The van der Waals surface area contributed by atoms with Gasteiger partial charge in [-0.05, 0) is 0 Å². The number of hydrogen-bond acceptors (Lipinski definition) is 6. The van der Waals surface area contributed by atoms with Crippen LogP contribution in [-0.2, 0) is 9.53 Å². The molecule has 3 N–H and O–H groups in total. The maximum Gasteiger partial charge on any atom is 0.316 e. The Morgan fingerprint density at radius 2 is 2.58 bits per heavy atom. The van der Waals surface area contributed by atoms with E-state index in [1.807, 2.05) is 0 Å². The zero-order valence-electron chi connectivity index (χ0n) is 6.40. The van der Waals surface area contributed by atoms with Gasteiger partial charge in [0.2, 0.25) is 11.1 Å². The summed E-state index contributed by atoms with van der Waals surface area (Å²) in [5.74, 6) is 0.110. The van der Waals surface area contributed by atoms with Gasteiger partial charge >= 0.3 is 5.97 Å². The number of rotatable bonds is 3. The van der Waals surface area contributed by atoms with E-state index in [4.69, 9.17) is 5.73 Å². The predicted octanol–water partition coefficient (Wildman–Crippen LogP) is -0.348. The molecule has 1 rings (SSSR count). The molecule has 0 bridgehead atoms. The van der Waals surface area contributed by atoms with Crippen LogP contribution in [0.2, 0.25) is 0 Å². The molecule has 0 aromatic carbocycles. The lowest BCUT2D eigenvalue weighted by atomic mass is 10.8. The van der Waals surface area contributed by atoms with Gasteiger partial charge in [0.25, 0.3) is 0 Å². The number of hydrogen-bond donors (Lipinski definition) is 2. The van der Waals surface area contributed by atoms with Crippen LogP contribution in [0.25, 0.3) is 0 Å². The summed E-state index contributed by atoms with van der Waals surface area (Å²) in [5, 5.41) is 6.61. The number of ether oxygens (including phenoxy) is 1. The summed E-state index contributed by atoms with van der Waals surface area (Å²) in [6.07, 6.45) is 0. The number of nitrogens with two attached hydrogens (primary N) is 1. The standard InChI is InChI=1S/C5H8N4O2S/c1-11-3(10)2-12-5-7-4(6)8-9-5/h2H2,1H3,(H3,6,7,8,9). The number of nitrogen functional groups attached to an aromatic ring is 1. The van der Waals surface area contributed by atoms with Crippen molar-refractivity contribution in [2.45, 2.75) is 5.16 Å². The van der Waals surface area contributed by atoms with Gasteiger partial charge in [0.15, 0.2) is 0 Å². The summed E-state index contributed by atoms with van der Waals surface area (Å²) < 4.78 is 4.42. The highest BCUT2D eigenvalue weighted by Gasteiger charge is 2.05. The molecule has 0 aliphatic rings. The van der Waals surface area contributed by atoms with E-state index in [-0.39, 0.29) is 17.7 Å². The van der Waals surface area contributed by atoms with Crippen molar-refractivity contribution in [3.05, 3.63) is 0 Å². The van der Waals surface area contributed by atoms with Gasteiger partial charge in [0.05, 0.1) is 12.9 Å². The maximum atomic E-state index is 10.7. The number of thioether (sulfide) groups is 1. The van der Waals surface area contributed by atoms with Crippen LogP contribution in [0.1, 0.15) is 0 Å². The van der Waals surface area contributed by atoms with Crippen molar-refractivity contribution in [1.29, 1.82) is 0 Å². The van der Waals surface area contributed by atoms with E-state index < -0.39 is 0 Å². The number of esters is 1. The third kappa shape index (κ3) is 2.42. The van der Waals surface area contributed by atoms with Crippen LogP contribution in [-0.4, -0.2) is 34.0 Å². The Balaban J connectivity index is 2.38. The van der Waals surface area contributed by atoms with Gasteiger partial charge in [-0.1, -0.05) is 11.8 Å². The molecule has 0 aliphatic carbocycles. The highest BCUT2D eigenvalue weighted by Crippen LogP contribution is 2.12. The molecule has 6 nitrogen and oxygen atoms in total. The average Bonchev–Trinajstić information content (AvgIpc) is 2.47. The molecule has 0 amide bonds. The Kier molecular flexibility index (Phi) is 2.92. The van der Waals surface area contributed by atoms with Crippen LogP contribution in [0, 0.1) is 0 Å². The van der Waals surface area contributed by atoms with Crippen molar-refractivity contribution >= 4 is 23.7 Å². The van der Waals surface area contributed by atoms with Gasteiger partial charge in [-0.3, -0.25) is 4.79 Å². The Morgan fingerprint density at radius 3 is 3.08 bits per heavy atom. The summed E-state index contributed by atoms with van der Waals surface area (Å²) in [6.45, 7) is 0. The van der Waals surface area contributed by atoms with Crippen LogP contribution in [0.4, 0.5) is 5.95 Å². The molecular formula is C5H8N4O2S. The maximum absolute atomic E-state index is 10.7. The number of nitrogens with zero attached hydrogens (tertiary/aromatic N) is 2. The number of nitrogens with one attached hydrogen (secondary N) is 1. The van der Waals surface area contributed by atoms with Gasteiger partial charge < -0.3 is 10.5 Å². The second-order valence-electron chi connectivity index (χ2n) is 1.87.